The van der Waals surface area contributed by atoms with Crippen molar-refractivity contribution >= 4 is 10.0 Å². The molecule has 1 heterocycles. The zero-order valence-corrected chi connectivity index (χ0v) is 11.2. The lowest BCUT2D eigenvalue weighted by Crippen LogP contribution is -2.58. The van der Waals surface area contributed by atoms with E-state index in [0.717, 1.165) is 6.07 Å². The molecule has 1 aromatic rings. The van der Waals surface area contributed by atoms with Crippen LogP contribution in [0.3, 0.4) is 0 Å². The van der Waals surface area contributed by atoms with Crippen LogP contribution < -0.4 is 5.32 Å². The molecule has 5 nitrogen and oxygen atoms in total. The number of nitrogens with zero attached hydrogens (tertiary/aromatic N) is 2. The van der Waals surface area contributed by atoms with Gasteiger partial charge in [-0.05, 0) is 12.1 Å². The predicted molar refractivity (Wildman–Crippen MR) is 67.3 cm³/mol. The van der Waals surface area contributed by atoms with Crippen molar-refractivity contribution in [3.05, 3.63) is 29.6 Å². The highest BCUT2D eigenvalue weighted by molar-refractivity contribution is 7.89. The van der Waals surface area contributed by atoms with Gasteiger partial charge >= 0.3 is 0 Å². The monoisotopic (exact) mass is 283 g/mol. The first kappa shape index (κ1) is 13.9. The van der Waals surface area contributed by atoms with Crippen molar-refractivity contribution < 1.29 is 12.8 Å². The van der Waals surface area contributed by atoms with E-state index in [2.05, 4.69) is 5.32 Å². The first-order chi connectivity index (χ1) is 9.02. The summed E-state index contributed by atoms with van der Waals surface area (Å²) >= 11 is 0. The molecule has 0 spiro atoms. The third-order valence-corrected chi connectivity index (χ3v) is 5.22. The van der Waals surface area contributed by atoms with Gasteiger partial charge in [-0.25, -0.2) is 12.8 Å². The zero-order valence-electron chi connectivity index (χ0n) is 10.4. The van der Waals surface area contributed by atoms with Gasteiger partial charge in [0.1, 0.15) is 22.3 Å². The van der Waals surface area contributed by atoms with Crippen LogP contribution in [-0.4, -0.2) is 38.4 Å². The summed E-state index contributed by atoms with van der Waals surface area (Å²) in [5, 5.41) is 11.9. The Labute approximate surface area is 111 Å². The van der Waals surface area contributed by atoms with Gasteiger partial charge in [-0.2, -0.15) is 9.57 Å². The van der Waals surface area contributed by atoms with Crippen molar-refractivity contribution in [3.8, 4) is 6.07 Å². The van der Waals surface area contributed by atoms with E-state index < -0.39 is 21.4 Å². The Morgan fingerprint density at radius 2 is 2.21 bits per heavy atom. The van der Waals surface area contributed by atoms with Crippen LogP contribution in [0.5, 0.6) is 0 Å². The first-order valence-corrected chi connectivity index (χ1v) is 7.37. The van der Waals surface area contributed by atoms with Crippen molar-refractivity contribution in [2.45, 2.75) is 17.9 Å². The van der Waals surface area contributed by atoms with Gasteiger partial charge in [0, 0.05) is 19.6 Å². The van der Waals surface area contributed by atoms with Crippen LogP contribution in [0, 0.1) is 17.1 Å². The molecular weight excluding hydrogens is 269 g/mol. The van der Waals surface area contributed by atoms with Gasteiger partial charge in [0.2, 0.25) is 10.0 Å². The Bertz CT molecular complexity index is 620. The molecule has 0 saturated carbocycles. The van der Waals surface area contributed by atoms with Gasteiger partial charge in [0.05, 0.1) is 6.04 Å². The van der Waals surface area contributed by atoms with E-state index in [9.17, 15) is 12.8 Å². The molecule has 0 unspecified atom stereocenters. The van der Waals surface area contributed by atoms with Gasteiger partial charge in [-0.1, -0.05) is 13.0 Å². The van der Waals surface area contributed by atoms with Crippen molar-refractivity contribution in [2.75, 3.05) is 19.6 Å². The molecule has 0 aromatic heterocycles. The lowest BCUT2D eigenvalue weighted by atomic mass is 10.2. The van der Waals surface area contributed by atoms with Gasteiger partial charge in [-0.3, -0.25) is 0 Å². The smallest absolute Gasteiger partial charge is 0.244 e. The molecule has 1 aromatic carbocycles. The topological polar surface area (TPSA) is 73.2 Å². The third-order valence-electron chi connectivity index (χ3n) is 3.15. The van der Waals surface area contributed by atoms with E-state index in [1.807, 2.05) is 0 Å². The summed E-state index contributed by atoms with van der Waals surface area (Å²) < 4.78 is 39.9. The van der Waals surface area contributed by atoms with Crippen LogP contribution in [0.15, 0.2) is 23.1 Å². The molecule has 1 saturated heterocycles. The SMILES string of the molecule is CCN(C1CNC1)S(=O)(=O)c1cccc(F)c1C#N. The Hall–Kier alpha value is -1.49. The normalized spacial score (nSPS) is 16.1. The molecule has 1 N–H and O–H groups in total. The molecule has 102 valence electrons. The van der Waals surface area contributed by atoms with Crippen LogP contribution in [0.1, 0.15) is 12.5 Å². The van der Waals surface area contributed by atoms with E-state index in [-0.39, 0.29) is 17.5 Å². The minimum atomic E-state index is -3.85. The van der Waals surface area contributed by atoms with E-state index in [1.165, 1.54) is 16.4 Å². The summed E-state index contributed by atoms with van der Waals surface area (Å²) in [5.74, 6) is -0.814. The first-order valence-electron chi connectivity index (χ1n) is 5.93. The number of benzene rings is 1. The Morgan fingerprint density at radius 3 is 2.68 bits per heavy atom. The average Bonchev–Trinajstić information content (AvgIpc) is 2.32. The Morgan fingerprint density at radius 1 is 1.53 bits per heavy atom. The molecule has 1 aliphatic heterocycles. The Balaban J connectivity index is 2.50. The summed E-state index contributed by atoms with van der Waals surface area (Å²) in [6.07, 6.45) is 0. The minimum Gasteiger partial charge on any atom is -0.313 e. The van der Waals surface area contributed by atoms with Crippen LogP contribution in [0.2, 0.25) is 0 Å². The molecule has 0 amide bonds. The quantitative estimate of drug-likeness (QED) is 0.882. The van der Waals surface area contributed by atoms with Crippen molar-refractivity contribution in [1.82, 2.24) is 9.62 Å². The maximum Gasteiger partial charge on any atom is 0.244 e. The lowest BCUT2D eigenvalue weighted by molar-refractivity contribution is 0.249. The van der Waals surface area contributed by atoms with Crippen molar-refractivity contribution in [2.24, 2.45) is 0 Å². The third kappa shape index (κ3) is 2.34. The summed E-state index contributed by atoms with van der Waals surface area (Å²) in [6.45, 7) is 3.16. The fourth-order valence-corrected chi connectivity index (χ4v) is 3.84. The maximum absolute atomic E-state index is 13.5. The second-order valence-electron chi connectivity index (χ2n) is 4.25. The van der Waals surface area contributed by atoms with E-state index in [4.69, 9.17) is 5.26 Å². The molecule has 2 rings (SSSR count). The fourth-order valence-electron chi connectivity index (χ4n) is 2.06. The molecule has 0 atom stereocenters. The average molecular weight is 283 g/mol. The highest BCUT2D eigenvalue weighted by Gasteiger charge is 2.35. The number of nitriles is 1. The highest BCUT2D eigenvalue weighted by Crippen LogP contribution is 2.24. The molecule has 1 aliphatic rings. The van der Waals surface area contributed by atoms with Crippen LogP contribution in [-0.2, 0) is 10.0 Å². The van der Waals surface area contributed by atoms with Gasteiger partial charge in [0.25, 0.3) is 0 Å². The largest absolute Gasteiger partial charge is 0.313 e. The van der Waals surface area contributed by atoms with E-state index in [1.54, 1.807) is 13.0 Å². The number of rotatable bonds is 4. The van der Waals surface area contributed by atoms with Crippen LogP contribution in [0.4, 0.5) is 4.39 Å². The van der Waals surface area contributed by atoms with Gasteiger partial charge in [0.15, 0.2) is 0 Å². The number of hydrogen-bond donors (Lipinski definition) is 1. The number of sulfonamides is 1. The molecule has 0 radical (unpaired) electrons. The Kier molecular flexibility index (Phi) is 3.85. The van der Waals surface area contributed by atoms with Crippen LogP contribution >= 0.6 is 0 Å². The van der Waals surface area contributed by atoms with E-state index >= 15 is 0 Å². The standard InChI is InChI=1S/C12H14FN3O2S/c1-2-16(9-7-15-8-9)19(17,18)12-5-3-4-11(13)10(12)6-14/h3-5,9,15H,2,7-8H2,1H3. The second kappa shape index (κ2) is 5.25. The number of hydrogen-bond acceptors (Lipinski definition) is 4. The highest BCUT2D eigenvalue weighted by atomic mass is 32.2. The zero-order chi connectivity index (χ0) is 14.0. The summed E-state index contributed by atoms with van der Waals surface area (Å²) in [4.78, 5) is -0.260. The summed E-state index contributed by atoms with van der Waals surface area (Å²) in [5.41, 5.74) is -0.423. The molecule has 7 heteroatoms. The predicted octanol–water partition coefficient (Wildman–Crippen LogP) is 0.680. The summed E-state index contributed by atoms with van der Waals surface area (Å²) in [7, 11) is -3.85. The molecule has 1 fully saturated rings. The molecule has 19 heavy (non-hydrogen) atoms. The summed E-state index contributed by atoms with van der Waals surface area (Å²) in [6, 6.07) is 5.15. The number of nitrogens with one attached hydrogen (secondary N) is 1. The molecule has 0 aliphatic carbocycles. The lowest BCUT2D eigenvalue weighted by Gasteiger charge is -2.36. The van der Waals surface area contributed by atoms with Gasteiger partial charge < -0.3 is 5.32 Å². The molecule has 0 bridgehead atoms. The fraction of sp³-hybridized carbons (Fsp3) is 0.417. The number of likely N-dealkylation sites (N-methyl/N-ethyl adjacent to an activating group) is 1. The minimum absolute atomic E-state index is 0.134. The van der Waals surface area contributed by atoms with Crippen LogP contribution in [0.25, 0.3) is 0 Å². The maximum atomic E-state index is 13.5. The van der Waals surface area contributed by atoms with Crippen molar-refractivity contribution in [3.63, 3.8) is 0 Å². The second-order valence-corrected chi connectivity index (χ2v) is 6.10. The van der Waals surface area contributed by atoms with Gasteiger partial charge in [-0.15, -0.1) is 0 Å². The molecular formula is C12H14FN3O2S. The number of halogens is 1. The van der Waals surface area contributed by atoms with Crippen molar-refractivity contribution in [1.29, 1.82) is 5.26 Å². The van der Waals surface area contributed by atoms with E-state index in [0.29, 0.717) is 13.1 Å².